The van der Waals surface area contributed by atoms with E-state index in [1.165, 1.54) is 104 Å². The number of nitrogens with zero attached hydrogens (tertiary/aromatic N) is 5. The number of carbonyl (C=O) groups is 16. The van der Waals surface area contributed by atoms with E-state index in [1.807, 2.05) is 6.92 Å². The van der Waals surface area contributed by atoms with Crippen molar-refractivity contribution in [2.24, 2.45) is 17.6 Å². The standard InChI is InChI=1S/C94H123FN16O20S/c1-10-11-24-76-93(129)111-41-19-26-75(111)89(125)103-69(49-80(116)117)86(122)106-81(55(4)5)94(130)107(6)73(39-42-131-9)87(123)104-71(46-59-31-37-63(113)38-32-59)91(127)110-40-18-17-25-74(110)88(124)102-68(48-60-50-97-65-23-16-15-22-64(60)65)85(121)101-67(44-58-29-35-62(112)36-30-58)84(120)100-66(43-54(2)3)83(119)105-72(82(118)98-51-78(96)114)52-132-53-79(115)99-70(45-57-27-33-61(95)34-28-57)90(126)109(8)77(92(128)108(76)7)47-56-20-13-12-14-21-56/h12-16,20-23,27-38,50,54-55,66-77,81,97,112-113H,10-11,17-19,24-26,39-49,51-53H2,1-9H3,(H2,96,114)(H,98,118)(H,99,115)(H,100,120)(H,101,121)(H,102,124)(H,103,125)(H,104,123)(H,105,119)(H,106,122)(H,116,117)/t66-,67-,68-,69-,70-,71-,72-,73-,74+,75+,76-,77-,81-/m0/s1. The van der Waals surface area contributed by atoms with Crippen LogP contribution < -0.4 is 53.6 Å². The number of carboxylic acids is 1. The lowest BCUT2D eigenvalue weighted by Gasteiger charge is -2.38. The highest BCUT2D eigenvalue weighted by atomic mass is 32.2. The van der Waals surface area contributed by atoms with Gasteiger partial charge in [-0.3, -0.25) is 76.7 Å². The van der Waals surface area contributed by atoms with Gasteiger partial charge in [0.25, 0.3) is 0 Å². The van der Waals surface area contributed by atoms with Crippen molar-refractivity contribution in [3.63, 3.8) is 0 Å². The topological polar surface area (TPSA) is 509 Å². The van der Waals surface area contributed by atoms with Crippen LogP contribution in [0.1, 0.15) is 133 Å². The molecule has 5 aromatic carbocycles. The number of phenols is 2. The largest absolute Gasteiger partial charge is 0.508 e. The maximum atomic E-state index is 15.8. The molecule has 3 aliphatic rings. The zero-order valence-electron chi connectivity index (χ0n) is 75.8. The van der Waals surface area contributed by atoms with Gasteiger partial charge in [-0.15, -0.1) is 11.8 Å². The third-order valence-electron chi connectivity index (χ3n) is 23.8. The summed E-state index contributed by atoms with van der Waals surface area (Å²) < 4.78 is 20.1. The molecular weight excluding hydrogens is 1720 g/mol. The van der Waals surface area contributed by atoms with E-state index in [9.17, 15) is 48.5 Å². The second kappa shape index (κ2) is 49.3. The Labute approximate surface area is 770 Å². The normalized spacial score (nSPS) is 23.8. The highest BCUT2D eigenvalue weighted by Crippen LogP contribution is 2.29. The molecular formula is C94H123FN16O20S. The van der Waals surface area contributed by atoms with E-state index in [4.69, 9.17) is 10.5 Å². The molecule has 15 amide bonds. The summed E-state index contributed by atoms with van der Waals surface area (Å²) in [7, 11) is 5.32. The first-order valence-corrected chi connectivity index (χ1v) is 45.7. The van der Waals surface area contributed by atoms with E-state index in [0.717, 1.165) is 33.7 Å². The smallest absolute Gasteiger partial charge is 0.305 e. The van der Waals surface area contributed by atoms with Crippen LogP contribution in [0.3, 0.4) is 0 Å². The molecule has 0 bridgehead atoms. The van der Waals surface area contributed by atoms with Gasteiger partial charge in [0, 0.05) is 109 Å². The average Bonchev–Trinajstić information content (AvgIpc) is 1.26. The van der Waals surface area contributed by atoms with Gasteiger partial charge in [0.2, 0.25) is 88.6 Å². The van der Waals surface area contributed by atoms with Crippen LogP contribution in [0.25, 0.3) is 10.9 Å². The molecule has 712 valence electrons. The van der Waals surface area contributed by atoms with Crippen molar-refractivity contribution in [2.75, 3.05) is 66.0 Å². The molecule has 132 heavy (non-hydrogen) atoms. The average molecular weight is 1850 g/mol. The van der Waals surface area contributed by atoms with Crippen molar-refractivity contribution in [1.82, 2.24) is 77.3 Å². The maximum absolute atomic E-state index is 15.8. The lowest BCUT2D eigenvalue weighted by Crippen LogP contribution is -2.63. The molecule has 3 fully saturated rings. The molecule has 3 saturated heterocycles. The van der Waals surface area contributed by atoms with Crippen LogP contribution >= 0.6 is 11.8 Å². The number of hydrogen-bond acceptors (Lipinski definition) is 20. The van der Waals surface area contributed by atoms with Crippen LogP contribution in [0.4, 0.5) is 4.39 Å². The highest BCUT2D eigenvalue weighted by molar-refractivity contribution is 8.00. The molecule has 9 rings (SSSR count). The van der Waals surface area contributed by atoms with E-state index in [-0.39, 0.29) is 108 Å². The summed E-state index contributed by atoms with van der Waals surface area (Å²) >= 11 is 0.792. The first-order chi connectivity index (χ1) is 62.9. The minimum Gasteiger partial charge on any atom is -0.508 e. The molecule has 6 aromatic rings. The van der Waals surface area contributed by atoms with E-state index in [1.54, 1.807) is 88.5 Å². The highest BCUT2D eigenvalue weighted by Gasteiger charge is 2.46. The van der Waals surface area contributed by atoms with Crippen LogP contribution in [-0.2, 0) is 114 Å². The number of nitrogens with one attached hydrogen (secondary N) is 10. The zero-order chi connectivity index (χ0) is 96.2. The maximum Gasteiger partial charge on any atom is 0.305 e. The number of methoxy groups -OCH3 is 1. The number of amides is 15. The predicted molar refractivity (Wildman–Crippen MR) is 487 cm³/mol. The number of aromatic amines is 1. The summed E-state index contributed by atoms with van der Waals surface area (Å²) in [5, 5.41) is 56.1. The summed E-state index contributed by atoms with van der Waals surface area (Å²) in [4.78, 5) is 247. The number of aromatic nitrogens is 1. The van der Waals surface area contributed by atoms with Crippen LogP contribution in [-0.4, -0.2) is 284 Å². The van der Waals surface area contributed by atoms with Crippen LogP contribution in [0.15, 0.2) is 134 Å². The molecule has 0 saturated carbocycles. The Morgan fingerprint density at radius 2 is 1.03 bits per heavy atom. The van der Waals surface area contributed by atoms with Gasteiger partial charge in [-0.2, -0.15) is 0 Å². The number of nitrogens with two attached hydrogens (primary N) is 1. The summed E-state index contributed by atoms with van der Waals surface area (Å²) in [5.74, 6) is -18.0. The quantitative estimate of drug-likeness (QED) is 0.0414. The zero-order valence-corrected chi connectivity index (χ0v) is 76.6. The molecule has 3 aliphatic heterocycles. The monoisotopic (exact) mass is 1850 g/mol. The first kappa shape index (κ1) is 103. The number of aromatic hydroxyl groups is 2. The van der Waals surface area contributed by atoms with Gasteiger partial charge in [0.05, 0.1) is 18.7 Å². The number of carbonyl (C=O) groups excluding carboxylic acids is 15. The number of benzene rings is 5. The molecule has 13 atom stereocenters. The summed E-state index contributed by atoms with van der Waals surface area (Å²) in [6, 6.07) is 12.4. The van der Waals surface area contributed by atoms with Gasteiger partial charge < -0.3 is 103 Å². The number of primary amides is 1. The molecule has 4 heterocycles. The summed E-state index contributed by atoms with van der Waals surface area (Å²) in [6.45, 7) is 7.49. The number of thioether (sulfide) groups is 1. The van der Waals surface area contributed by atoms with Crippen molar-refractivity contribution in [2.45, 2.75) is 216 Å². The predicted octanol–water partition coefficient (Wildman–Crippen LogP) is 2.71. The number of carboxylic acid groups (broad SMARTS) is 1. The van der Waals surface area contributed by atoms with E-state index < -0.39 is 209 Å². The Morgan fingerprint density at radius 3 is 1.63 bits per heavy atom. The lowest BCUT2D eigenvalue weighted by atomic mass is 9.96. The minimum absolute atomic E-state index is 0.00517. The van der Waals surface area contributed by atoms with Crippen molar-refractivity contribution in [3.05, 3.63) is 167 Å². The number of H-pyrrole nitrogens is 1. The van der Waals surface area contributed by atoms with Gasteiger partial charge >= 0.3 is 5.97 Å². The molecule has 0 aliphatic carbocycles. The van der Waals surface area contributed by atoms with Gasteiger partial charge in [0.15, 0.2) is 0 Å². The van der Waals surface area contributed by atoms with E-state index in [2.05, 4.69) is 52.8 Å². The Hall–Kier alpha value is -13.0. The fraction of sp³-hybridized carbons (Fsp3) is 0.489. The number of ether oxygens (including phenoxy) is 1. The van der Waals surface area contributed by atoms with Gasteiger partial charge in [-0.25, -0.2) is 4.39 Å². The molecule has 0 spiro atoms. The first-order valence-electron chi connectivity index (χ1n) is 44.5. The third kappa shape index (κ3) is 29.0. The van der Waals surface area contributed by atoms with Crippen molar-refractivity contribution in [3.8, 4) is 11.5 Å². The Bertz CT molecular complexity index is 5050. The number of likely N-dealkylation sites (N-methyl/N-ethyl adjacent to an activating group) is 3. The number of fused-ring (bicyclic) bond motifs is 3. The Morgan fingerprint density at radius 1 is 0.523 bits per heavy atom. The molecule has 38 heteroatoms. The minimum atomic E-state index is -1.91. The molecule has 15 N–H and O–H groups in total. The SMILES string of the molecule is CCCC[C@H]1C(=O)N2CCC[C@@H]2C(=O)N[C@@H](CC(=O)O)C(=O)N[C@@H](C(C)C)C(=O)N(C)[C@@H](CCOC)C(=O)N[C@@H](Cc2ccc(O)cc2)C(=O)N2CCCC[C@@H]2C(=O)N[C@@H](Cc2c[nH]c3ccccc23)C(=O)N[C@@H](Cc2ccc(O)cc2)C(=O)N[C@@H](CC(C)C)C(=O)N[C@H](C(=O)NCC(N)=O)CSCC(=O)N[C@@H](Cc2ccc(F)cc2)C(=O)N(C)[C@@H](Cc2ccccc2)C(=O)N1C. The number of phenolic OH excluding ortho intramolecular Hbond substituents is 2. The van der Waals surface area contributed by atoms with Gasteiger partial charge in [-0.05, 0) is 127 Å². The Kier molecular flexibility index (Phi) is 38.4. The van der Waals surface area contributed by atoms with Gasteiger partial charge in [0.1, 0.15) is 95.9 Å². The molecule has 0 unspecified atom stereocenters. The second-order valence-corrected chi connectivity index (χ2v) is 35.6. The fourth-order valence-electron chi connectivity index (χ4n) is 16.6. The third-order valence-corrected chi connectivity index (χ3v) is 24.9. The van der Waals surface area contributed by atoms with E-state index >= 15 is 47.9 Å². The summed E-state index contributed by atoms with van der Waals surface area (Å²) in [5.41, 5.74) is 8.38. The second-order valence-electron chi connectivity index (χ2n) is 34.5. The number of para-hydroxylation sites is 1. The van der Waals surface area contributed by atoms with E-state index in [0.29, 0.717) is 64.4 Å². The molecule has 0 radical (unpaired) electrons. The number of piperidine rings is 1. The van der Waals surface area contributed by atoms with Crippen molar-refractivity contribution < 1.29 is 101 Å². The summed E-state index contributed by atoms with van der Waals surface area (Å²) in [6.07, 6.45) is 0.885. The number of rotatable bonds is 24. The van der Waals surface area contributed by atoms with Crippen molar-refractivity contribution >= 4 is 117 Å². The Balaban J connectivity index is 1.13. The van der Waals surface area contributed by atoms with Crippen LogP contribution in [0.2, 0.25) is 0 Å². The van der Waals surface area contributed by atoms with Crippen LogP contribution in [0, 0.1) is 17.7 Å². The number of aliphatic carboxylic acids is 1. The lowest BCUT2D eigenvalue weighted by molar-refractivity contribution is -0.152. The number of halogens is 1. The fourth-order valence-corrected chi connectivity index (χ4v) is 17.4. The number of unbranched alkanes of at least 4 members (excludes halogenated alkanes) is 1. The van der Waals surface area contributed by atoms with Gasteiger partial charge in [-0.1, -0.05) is 132 Å². The molecule has 36 nitrogen and oxygen atoms in total. The van der Waals surface area contributed by atoms with Crippen LogP contribution in [0.5, 0.6) is 11.5 Å². The molecule has 1 aromatic heterocycles. The van der Waals surface area contributed by atoms with Crippen molar-refractivity contribution in [1.29, 1.82) is 0 Å². The number of hydrogen-bond donors (Lipinski definition) is 14.